The van der Waals surface area contributed by atoms with Gasteiger partial charge in [0, 0.05) is 6.04 Å². The second kappa shape index (κ2) is 8.92. The highest BCUT2D eigenvalue weighted by molar-refractivity contribution is 5.91. The Labute approximate surface area is 144 Å². The molecule has 4 nitrogen and oxygen atoms in total. The molecule has 25 heavy (non-hydrogen) atoms. The fourth-order valence-electron chi connectivity index (χ4n) is 2.31. The van der Waals surface area contributed by atoms with Gasteiger partial charge in [0.15, 0.2) is 6.61 Å². The highest BCUT2D eigenvalue weighted by Crippen LogP contribution is 2.13. The first-order valence-electron chi connectivity index (χ1n) is 7.92. The minimum atomic E-state index is -1.21. The SMILES string of the molecule is C[C@H](CCc1ccccc1)NC(=O)COC(=O)c1c(F)cccc1F. The summed E-state index contributed by atoms with van der Waals surface area (Å²) in [5.41, 5.74) is 0.359. The largest absolute Gasteiger partial charge is 0.452 e. The lowest BCUT2D eigenvalue weighted by Crippen LogP contribution is -2.36. The third kappa shape index (κ3) is 5.67. The Morgan fingerprint density at radius 3 is 2.32 bits per heavy atom. The maximum atomic E-state index is 13.5. The molecule has 2 aromatic rings. The van der Waals surface area contributed by atoms with Gasteiger partial charge in [-0.2, -0.15) is 0 Å². The van der Waals surface area contributed by atoms with Crippen LogP contribution in [-0.4, -0.2) is 24.5 Å². The molecule has 0 spiro atoms. The van der Waals surface area contributed by atoms with Gasteiger partial charge in [0.05, 0.1) is 0 Å². The van der Waals surface area contributed by atoms with Crippen LogP contribution < -0.4 is 5.32 Å². The molecular weight excluding hydrogens is 328 g/mol. The molecule has 2 rings (SSSR count). The van der Waals surface area contributed by atoms with E-state index < -0.39 is 35.7 Å². The van der Waals surface area contributed by atoms with Crippen molar-refractivity contribution in [2.45, 2.75) is 25.8 Å². The van der Waals surface area contributed by atoms with E-state index in [9.17, 15) is 18.4 Å². The van der Waals surface area contributed by atoms with E-state index in [1.807, 2.05) is 37.3 Å². The molecule has 0 bridgehead atoms. The Kier molecular flexibility index (Phi) is 6.62. The average molecular weight is 347 g/mol. The van der Waals surface area contributed by atoms with Crippen molar-refractivity contribution in [3.8, 4) is 0 Å². The van der Waals surface area contributed by atoms with Gasteiger partial charge in [-0.15, -0.1) is 0 Å². The fraction of sp³-hybridized carbons (Fsp3) is 0.263. The topological polar surface area (TPSA) is 55.4 Å². The van der Waals surface area contributed by atoms with Gasteiger partial charge in [0.25, 0.3) is 5.91 Å². The van der Waals surface area contributed by atoms with Crippen molar-refractivity contribution in [2.75, 3.05) is 6.61 Å². The highest BCUT2D eigenvalue weighted by atomic mass is 19.1. The van der Waals surface area contributed by atoms with Crippen LogP contribution in [0.5, 0.6) is 0 Å². The summed E-state index contributed by atoms with van der Waals surface area (Å²) in [4.78, 5) is 23.5. The third-order valence-electron chi connectivity index (χ3n) is 3.62. The summed E-state index contributed by atoms with van der Waals surface area (Å²) >= 11 is 0. The molecule has 0 radical (unpaired) electrons. The number of halogens is 2. The molecule has 0 aromatic heterocycles. The Bertz CT molecular complexity index is 714. The maximum absolute atomic E-state index is 13.5. The number of carbonyl (C=O) groups is 2. The lowest BCUT2D eigenvalue weighted by molar-refractivity contribution is -0.124. The summed E-state index contributed by atoms with van der Waals surface area (Å²) in [6.45, 7) is 1.24. The molecule has 0 aliphatic carbocycles. The Morgan fingerprint density at radius 2 is 1.68 bits per heavy atom. The predicted molar refractivity (Wildman–Crippen MR) is 89.0 cm³/mol. The Morgan fingerprint density at radius 1 is 1.04 bits per heavy atom. The number of ether oxygens (including phenoxy) is 1. The number of esters is 1. The summed E-state index contributed by atoms with van der Waals surface area (Å²) in [5.74, 6) is -3.78. The second-order valence-corrected chi connectivity index (χ2v) is 5.67. The van der Waals surface area contributed by atoms with Crippen LogP contribution >= 0.6 is 0 Å². The molecule has 1 N–H and O–H groups in total. The molecule has 0 heterocycles. The van der Waals surface area contributed by atoms with Crippen LogP contribution in [-0.2, 0) is 16.0 Å². The standard InChI is InChI=1S/C19H19F2NO3/c1-13(10-11-14-6-3-2-4-7-14)22-17(23)12-25-19(24)18-15(20)8-5-9-16(18)21/h2-9,13H,10-12H2,1H3,(H,22,23)/t13-/m1/s1. The van der Waals surface area contributed by atoms with Crippen LogP contribution in [0.25, 0.3) is 0 Å². The van der Waals surface area contributed by atoms with E-state index in [0.717, 1.165) is 30.2 Å². The first kappa shape index (κ1) is 18.6. The van der Waals surface area contributed by atoms with E-state index in [1.54, 1.807) is 0 Å². The van der Waals surface area contributed by atoms with E-state index in [0.29, 0.717) is 6.42 Å². The highest BCUT2D eigenvalue weighted by Gasteiger charge is 2.19. The zero-order chi connectivity index (χ0) is 18.2. The maximum Gasteiger partial charge on any atom is 0.344 e. The lowest BCUT2D eigenvalue weighted by Gasteiger charge is -2.14. The molecule has 1 amide bonds. The van der Waals surface area contributed by atoms with Crippen molar-refractivity contribution < 1.29 is 23.1 Å². The van der Waals surface area contributed by atoms with Gasteiger partial charge in [-0.25, -0.2) is 13.6 Å². The molecule has 0 unspecified atom stereocenters. The van der Waals surface area contributed by atoms with Crippen molar-refractivity contribution in [3.05, 3.63) is 71.3 Å². The van der Waals surface area contributed by atoms with Gasteiger partial charge in [0.2, 0.25) is 0 Å². The number of rotatable bonds is 7. The molecule has 1 atom stereocenters. The molecule has 132 valence electrons. The molecule has 0 saturated heterocycles. The van der Waals surface area contributed by atoms with Gasteiger partial charge < -0.3 is 10.1 Å². The van der Waals surface area contributed by atoms with Crippen molar-refractivity contribution in [1.82, 2.24) is 5.32 Å². The summed E-state index contributed by atoms with van der Waals surface area (Å²) in [5, 5.41) is 2.68. The molecule has 0 aliphatic heterocycles. The minimum Gasteiger partial charge on any atom is -0.452 e. The fourth-order valence-corrected chi connectivity index (χ4v) is 2.31. The molecule has 0 aliphatic rings. The van der Waals surface area contributed by atoms with Gasteiger partial charge in [-0.05, 0) is 37.5 Å². The molecule has 0 saturated carbocycles. The van der Waals surface area contributed by atoms with E-state index >= 15 is 0 Å². The van der Waals surface area contributed by atoms with Crippen molar-refractivity contribution in [3.63, 3.8) is 0 Å². The van der Waals surface area contributed by atoms with Gasteiger partial charge >= 0.3 is 5.97 Å². The van der Waals surface area contributed by atoms with Crippen LogP contribution in [0.15, 0.2) is 48.5 Å². The van der Waals surface area contributed by atoms with E-state index in [2.05, 4.69) is 10.1 Å². The third-order valence-corrected chi connectivity index (χ3v) is 3.62. The van der Waals surface area contributed by atoms with Crippen LogP contribution in [0.2, 0.25) is 0 Å². The number of hydrogen-bond acceptors (Lipinski definition) is 3. The molecular formula is C19H19F2NO3. The van der Waals surface area contributed by atoms with Gasteiger partial charge in [-0.1, -0.05) is 36.4 Å². The van der Waals surface area contributed by atoms with Gasteiger partial charge in [0.1, 0.15) is 17.2 Å². The number of nitrogens with one attached hydrogen (secondary N) is 1. The van der Waals surface area contributed by atoms with Crippen molar-refractivity contribution >= 4 is 11.9 Å². The zero-order valence-corrected chi connectivity index (χ0v) is 13.8. The summed E-state index contributed by atoms with van der Waals surface area (Å²) in [7, 11) is 0. The van der Waals surface area contributed by atoms with Crippen LogP contribution in [0.4, 0.5) is 8.78 Å². The minimum absolute atomic E-state index is 0.128. The molecule has 2 aromatic carbocycles. The number of amides is 1. The predicted octanol–water partition coefficient (Wildman–Crippen LogP) is 3.26. The van der Waals surface area contributed by atoms with Gasteiger partial charge in [-0.3, -0.25) is 4.79 Å². The summed E-state index contributed by atoms with van der Waals surface area (Å²) in [6.07, 6.45) is 1.51. The van der Waals surface area contributed by atoms with E-state index in [4.69, 9.17) is 0 Å². The zero-order valence-electron chi connectivity index (χ0n) is 13.8. The lowest BCUT2D eigenvalue weighted by atomic mass is 10.1. The quantitative estimate of drug-likeness (QED) is 0.782. The number of aryl methyl sites for hydroxylation is 1. The number of carbonyl (C=O) groups excluding carboxylic acids is 2. The first-order valence-corrected chi connectivity index (χ1v) is 7.92. The summed E-state index contributed by atoms with van der Waals surface area (Å²) < 4.78 is 31.6. The Balaban J connectivity index is 1.77. The monoisotopic (exact) mass is 347 g/mol. The second-order valence-electron chi connectivity index (χ2n) is 5.67. The van der Waals surface area contributed by atoms with Crippen LogP contribution in [0.1, 0.15) is 29.3 Å². The molecule has 0 fully saturated rings. The van der Waals surface area contributed by atoms with E-state index in [-0.39, 0.29) is 6.04 Å². The Hall–Kier alpha value is -2.76. The van der Waals surface area contributed by atoms with Crippen molar-refractivity contribution in [1.29, 1.82) is 0 Å². The number of hydrogen-bond donors (Lipinski definition) is 1. The van der Waals surface area contributed by atoms with Crippen molar-refractivity contribution in [2.24, 2.45) is 0 Å². The average Bonchev–Trinajstić information content (AvgIpc) is 2.59. The van der Waals surface area contributed by atoms with Crippen LogP contribution in [0.3, 0.4) is 0 Å². The molecule has 6 heteroatoms. The smallest absolute Gasteiger partial charge is 0.344 e. The first-order chi connectivity index (χ1) is 12.0. The van der Waals surface area contributed by atoms with Crippen LogP contribution in [0, 0.1) is 11.6 Å². The normalized spacial score (nSPS) is 11.6. The number of benzene rings is 2. The summed E-state index contributed by atoms with van der Waals surface area (Å²) in [6, 6.07) is 12.7. The van der Waals surface area contributed by atoms with E-state index in [1.165, 1.54) is 0 Å².